The zero-order valence-electron chi connectivity index (χ0n) is 7.05. The van der Waals surface area contributed by atoms with Crippen LogP contribution in [-0.2, 0) is 0 Å². The Morgan fingerprint density at radius 1 is 1.29 bits per heavy atom. The number of halogens is 1. The maximum atomic E-state index is 8.45. The molecule has 1 aromatic heterocycles. The molecule has 5 heteroatoms. The van der Waals surface area contributed by atoms with Crippen LogP contribution in [-0.4, -0.2) is 20.3 Å². The van der Waals surface area contributed by atoms with E-state index in [-0.39, 0.29) is 5.17 Å². The first-order valence-corrected chi connectivity index (χ1v) is 4.29. The summed E-state index contributed by atoms with van der Waals surface area (Å²) in [5.41, 5.74) is 1.85. The number of aromatic nitrogens is 2. The van der Waals surface area contributed by atoms with E-state index in [2.05, 4.69) is 15.1 Å². The third-order valence-corrected chi connectivity index (χ3v) is 2.02. The van der Waals surface area contributed by atoms with Crippen LogP contribution in [0.25, 0.3) is 11.0 Å². The molecule has 1 N–H and O–H groups in total. The number of rotatable bonds is 1. The lowest BCUT2D eigenvalue weighted by molar-refractivity contribution is 0.320. The number of hydrogen-bond acceptors (Lipinski definition) is 4. The first kappa shape index (κ1) is 8.90. The van der Waals surface area contributed by atoms with E-state index in [4.69, 9.17) is 16.8 Å². The smallest absolute Gasteiger partial charge is 0.195 e. The molecule has 14 heavy (non-hydrogen) atoms. The third-order valence-electron chi connectivity index (χ3n) is 1.75. The standard InChI is InChI=1S/C9H6ClN3O/c10-9(13-14)8-5-11-6-3-1-2-4-7(6)12-8/h1-5,14H/b13-9-. The topological polar surface area (TPSA) is 58.4 Å². The molecule has 0 atom stereocenters. The maximum absolute atomic E-state index is 8.45. The number of para-hydroxylation sites is 2. The van der Waals surface area contributed by atoms with Gasteiger partial charge >= 0.3 is 0 Å². The van der Waals surface area contributed by atoms with Crippen LogP contribution in [0.3, 0.4) is 0 Å². The highest BCUT2D eigenvalue weighted by Gasteiger charge is 2.03. The molecule has 2 aromatic rings. The van der Waals surface area contributed by atoms with Crippen molar-refractivity contribution < 1.29 is 5.21 Å². The van der Waals surface area contributed by atoms with E-state index < -0.39 is 0 Å². The summed E-state index contributed by atoms with van der Waals surface area (Å²) < 4.78 is 0. The fourth-order valence-electron chi connectivity index (χ4n) is 1.11. The lowest BCUT2D eigenvalue weighted by atomic mass is 10.3. The molecule has 0 aliphatic carbocycles. The van der Waals surface area contributed by atoms with E-state index >= 15 is 0 Å². The molecular weight excluding hydrogens is 202 g/mol. The Hall–Kier alpha value is -1.68. The molecule has 0 aliphatic heterocycles. The van der Waals surface area contributed by atoms with Gasteiger partial charge in [-0.25, -0.2) is 4.98 Å². The number of oxime groups is 1. The lowest BCUT2D eigenvalue weighted by Crippen LogP contribution is -1.97. The Labute approximate surface area is 84.9 Å². The van der Waals surface area contributed by atoms with Gasteiger partial charge in [-0.1, -0.05) is 28.9 Å². The number of fused-ring (bicyclic) bond motifs is 1. The van der Waals surface area contributed by atoms with Crippen molar-refractivity contribution in [1.82, 2.24) is 9.97 Å². The molecule has 0 fully saturated rings. The van der Waals surface area contributed by atoms with Crippen molar-refractivity contribution in [1.29, 1.82) is 0 Å². The molecule has 0 saturated carbocycles. The SMILES string of the molecule is O/N=C(\Cl)c1cnc2ccccc2n1. The first-order valence-electron chi connectivity index (χ1n) is 3.91. The van der Waals surface area contributed by atoms with E-state index in [1.807, 2.05) is 24.3 Å². The van der Waals surface area contributed by atoms with Crippen LogP contribution >= 0.6 is 11.6 Å². The highest BCUT2D eigenvalue weighted by molar-refractivity contribution is 6.69. The second-order valence-corrected chi connectivity index (χ2v) is 2.99. The molecule has 0 saturated heterocycles. The number of hydrogen-bond donors (Lipinski definition) is 1. The molecule has 1 aromatic carbocycles. The summed E-state index contributed by atoms with van der Waals surface area (Å²) in [5, 5.41) is 11.2. The fraction of sp³-hybridized carbons (Fsp3) is 0. The molecule has 4 nitrogen and oxygen atoms in total. The van der Waals surface area contributed by atoms with Crippen molar-refractivity contribution in [3.63, 3.8) is 0 Å². The van der Waals surface area contributed by atoms with Gasteiger partial charge in [0.15, 0.2) is 5.17 Å². The fourth-order valence-corrected chi connectivity index (χ4v) is 1.20. The molecule has 1 heterocycles. The summed E-state index contributed by atoms with van der Waals surface area (Å²) in [5.74, 6) is 0. The van der Waals surface area contributed by atoms with Crippen LogP contribution in [0.15, 0.2) is 35.6 Å². The zero-order valence-corrected chi connectivity index (χ0v) is 7.81. The Kier molecular flexibility index (Phi) is 2.28. The summed E-state index contributed by atoms with van der Waals surface area (Å²) in [6.45, 7) is 0. The number of benzene rings is 1. The molecule has 0 amide bonds. The number of nitrogens with zero attached hydrogens (tertiary/aromatic N) is 3. The summed E-state index contributed by atoms with van der Waals surface area (Å²) in [6.07, 6.45) is 1.46. The average molecular weight is 208 g/mol. The van der Waals surface area contributed by atoms with Crippen molar-refractivity contribution >= 4 is 27.8 Å². The van der Waals surface area contributed by atoms with Gasteiger partial charge in [0, 0.05) is 0 Å². The lowest BCUT2D eigenvalue weighted by Gasteiger charge is -1.98. The average Bonchev–Trinajstić information content (AvgIpc) is 2.27. The summed E-state index contributed by atoms with van der Waals surface area (Å²) in [7, 11) is 0. The predicted molar refractivity (Wildman–Crippen MR) is 53.7 cm³/mol. The quantitative estimate of drug-likeness (QED) is 0.442. The van der Waals surface area contributed by atoms with E-state index in [1.54, 1.807) is 0 Å². The highest BCUT2D eigenvalue weighted by Crippen LogP contribution is 2.09. The van der Waals surface area contributed by atoms with Gasteiger partial charge in [-0.2, -0.15) is 0 Å². The minimum absolute atomic E-state index is 0.0664. The van der Waals surface area contributed by atoms with Gasteiger partial charge in [-0.05, 0) is 12.1 Å². The minimum atomic E-state index is -0.0664. The van der Waals surface area contributed by atoms with Crippen LogP contribution in [0.4, 0.5) is 0 Å². The van der Waals surface area contributed by atoms with Crippen molar-refractivity contribution in [2.45, 2.75) is 0 Å². The van der Waals surface area contributed by atoms with Crippen LogP contribution < -0.4 is 0 Å². The minimum Gasteiger partial charge on any atom is -0.410 e. The van der Waals surface area contributed by atoms with Crippen molar-refractivity contribution in [2.24, 2.45) is 5.16 Å². The molecule has 0 radical (unpaired) electrons. The van der Waals surface area contributed by atoms with Crippen LogP contribution in [0.2, 0.25) is 0 Å². The van der Waals surface area contributed by atoms with Gasteiger partial charge in [0.1, 0.15) is 5.69 Å². The molecule has 0 aliphatic rings. The molecule has 0 spiro atoms. The highest BCUT2D eigenvalue weighted by atomic mass is 35.5. The van der Waals surface area contributed by atoms with E-state index in [0.717, 1.165) is 5.52 Å². The van der Waals surface area contributed by atoms with Gasteiger partial charge < -0.3 is 5.21 Å². The van der Waals surface area contributed by atoms with Crippen molar-refractivity contribution in [3.05, 3.63) is 36.2 Å². The normalized spacial score (nSPS) is 11.9. The van der Waals surface area contributed by atoms with Crippen molar-refractivity contribution in [2.75, 3.05) is 0 Å². The monoisotopic (exact) mass is 207 g/mol. The van der Waals surface area contributed by atoms with Crippen LogP contribution in [0.5, 0.6) is 0 Å². The predicted octanol–water partition coefficient (Wildman–Crippen LogP) is 2.00. The molecule has 70 valence electrons. The van der Waals surface area contributed by atoms with Crippen LogP contribution in [0, 0.1) is 0 Å². The maximum Gasteiger partial charge on any atom is 0.195 e. The molecular formula is C9H6ClN3O. The second-order valence-electron chi connectivity index (χ2n) is 2.63. The first-order chi connectivity index (χ1) is 6.81. The van der Waals surface area contributed by atoms with Gasteiger partial charge in [0.2, 0.25) is 0 Å². The van der Waals surface area contributed by atoms with Gasteiger partial charge in [-0.15, -0.1) is 0 Å². The van der Waals surface area contributed by atoms with E-state index in [9.17, 15) is 0 Å². The van der Waals surface area contributed by atoms with E-state index in [1.165, 1.54) is 6.20 Å². The molecule has 0 bridgehead atoms. The van der Waals surface area contributed by atoms with Gasteiger partial charge in [0.05, 0.1) is 17.2 Å². The Bertz CT molecular complexity index is 498. The largest absolute Gasteiger partial charge is 0.410 e. The van der Waals surface area contributed by atoms with Gasteiger partial charge in [-0.3, -0.25) is 4.98 Å². The summed E-state index contributed by atoms with van der Waals surface area (Å²) >= 11 is 5.59. The second kappa shape index (κ2) is 3.59. The zero-order chi connectivity index (χ0) is 9.97. The summed E-state index contributed by atoms with van der Waals surface area (Å²) in [6, 6.07) is 7.38. The van der Waals surface area contributed by atoms with Crippen LogP contribution in [0.1, 0.15) is 5.69 Å². The summed E-state index contributed by atoms with van der Waals surface area (Å²) in [4.78, 5) is 8.27. The third kappa shape index (κ3) is 1.52. The van der Waals surface area contributed by atoms with Gasteiger partial charge in [0.25, 0.3) is 0 Å². The van der Waals surface area contributed by atoms with E-state index in [0.29, 0.717) is 11.2 Å². The molecule has 0 unspecified atom stereocenters. The van der Waals surface area contributed by atoms with Crippen molar-refractivity contribution in [3.8, 4) is 0 Å². The molecule has 2 rings (SSSR count). The Balaban J connectivity index is 2.62. The Morgan fingerprint density at radius 2 is 2.00 bits per heavy atom. The Morgan fingerprint density at radius 3 is 2.71 bits per heavy atom.